The smallest absolute Gasteiger partial charge is 0.235 e. The first kappa shape index (κ1) is 20.1. The van der Waals surface area contributed by atoms with Crippen molar-refractivity contribution in [1.82, 2.24) is 14.8 Å². The first-order valence-corrected chi connectivity index (χ1v) is 12.2. The summed E-state index contributed by atoms with van der Waals surface area (Å²) in [4.78, 5) is 15.0. The third-order valence-electron chi connectivity index (χ3n) is 4.96. The summed E-state index contributed by atoms with van der Waals surface area (Å²) >= 11 is 4.62. The molecule has 0 aliphatic heterocycles. The van der Waals surface area contributed by atoms with Gasteiger partial charge in [-0.2, -0.15) is 5.26 Å². The average Bonchev–Trinajstić information content (AvgIpc) is 3.38. The number of nitriles is 1. The van der Waals surface area contributed by atoms with Gasteiger partial charge in [0.15, 0.2) is 5.16 Å². The number of aromatic nitrogens is 3. The van der Waals surface area contributed by atoms with Gasteiger partial charge in [0.25, 0.3) is 0 Å². The molecule has 3 aromatic heterocycles. The third kappa shape index (κ3) is 4.55. The van der Waals surface area contributed by atoms with Crippen LogP contribution in [0.1, 0.15) is 46.0 Å². The molecule has 3 heterocycles. The highest BCUT2D eigenvalue weighted by molar-refractivity contribution is 7.99. The number of hydrogen-bond acceptors (Lipinski definition) is 7. The van der Waals surface area contributed by atoms with E-state index in [2.05, 4.69) is 27.6 Å². The molecular weight excluding hydrogens is 422 g/mol. The molecule has 3 aromatic rings. The maximum absolute atomic E-state index is 12.5. The van der Waals surface area contributed by atoms with Crippen LogP contribution in [0.5, 0.6) is 0 Å². The van der Waals surface area contributed by atoms with Gasteiger partial charge in [0, 0.05) is 23.2 Å². The number of rotatable bonds is 6. The molecule has 0 spiro atoms. The van der Waals surface area contributed by atoms with E-state index >= 15 is 0 Å². The monoisotopic (exact) mass is 443 g/mol. The quantitative estimate of drug-likeness (QED) is 0.451. The van der Waals surface area contributed by atoms with Crippen molar-refractivity contribution in [2.45, 2.75) is 43.7 Å². The highest BCUT2D eigenvalue weighted by Crippen LogP contribution is 2.37. The molecule has 6 nitrogen and oxygen atoms in total. The van der Waals surface area contributed by atoms with Crippen LogP contribution in [0.3, 0.4) is 0 Å². The van der Waals surface area contributed by atoms with Crippen molar-refractivity contribution in [2.24, 2.45) is 7.05 Å². The van der Waals surface area contributed by atoms with Crippen LogP contribution >= 0.6 is 34.4 Å². The Kier molecular flexibility index (Phi) is 6.33. The topological polar surface area (TPSA) is 83.6 Å². The van der Waals surface area contributed by atoms with Gasteiger partial charge in [0.05, 0.1) is 11.3 Å². The van der Waals surface area contributed by atoms with Gasteiger partial charge in [0.2, 0.25) is 5.91 Å². The first-order valence-electron chi connectivity index (χ1n) is 9.53. The molecule has 0 unspecified atom stereocenters. The minimum absolute atomic E-state index is 0.120. The number of fused-ring (bicyclic) bond motifs is 1. The maximum Gasteiger partial charge on any atom is 0.235 e. The molecule has 0 radical (unpaired) electrons. The highest BCUT2D eigenvalue weighted by Gasteiger charge is 2.21. The second-order valence-electron chi connectivity index (χ2n) is 6.93. The molecule has 9 heteroatoms. The Hall–Kier alpha value is -2.15. The summed E-state index contributed by atoms with van der Waals surface area (Å²) in [6, 6.07) is 6.41. The number of carbonyl (C=O) groups is 1. The normalized spacial score (nSPS) is 13.5. The van der Waals surface area contributed by atoms with Crippen LogP contribution in [0.25, 0.3) is 0 Å². The Balaban J connectivity index is 1.39. The number of thiophene rings is 2. The lowest BCUT2D eigenvalue weighted by Crippen LogP contribution is -2.14. The van der Waals surface area contributed by atoms with Crippen molar-refractivity contribution in [3.63, 3.8) is 0 Å². The average molecular weight is 444 g/mol. The zero-order valence-electron chi connectivity index (χ0n) is 16.1. The fourth-order valence-electron chi connectivity index (χ4n) is 3.44. The molecule has 1 N–H and O–H groups in total. The Morgan fingerprint density at radius 1 is 1.34 bits per heavy atom. The van der Waals surface area contributed by atoms with Crippen LogP contribution in [0.15, 0.2) is 22.7 Å². The van der Waals surface area contributed by atoms with Gasteiger partial charge >= 0.3 is 0 Å². The summed E-state index contributed by atoms with van der Waals surface area (Å²) in [6.07, 6.45) is 6.15. The predicted molar refractivity (Wildman–Crippen MR) is 118 cm³/mol. The van der Waals surface area contributed by atoms with E-state index in [1.54, 1.807) is 22.7 Å². The van der Waals surface area contributed by atoms with Crippen molar-refractivity contribution >= 4 is 45.3 Å². The van der Waals surface area contributed by atoms with Gasteiger partial charge < -0.3 is 9.88 Å². The highest BCUT2D eigenvalue weighted by atomic mass is 32.2. The van der Waals surface area contributed by atoms with Crippen molar-refractivity contribution in [3.05, 3.63) is 44.2 Å². The van der Waals surface area contributed by atoms with Crippen molar-refractivity contribution in [1.29, 1.82) is 5.26 Å². The number of hydrogen-bond donors (Lipinski definition) is 1. The van der Waals surface area contributed by atoms with E-state index in [4.69, 9.17) is 0 Å². The van der Waals surface area contributed by atoms with Gasteiger partial charge in [-0.25, -0.2) is 0 Å². The molecule has 0 aromatic carbocycles. The summed E-state index contributed by atoms with van der Waals surface area (Å²) in [5.74, 6) is 0.994. The van der Waals surface area contributed by atoms with E-state index in [1.807, 2.05) is 23.1 Å². The largest absolute Gasteiger partial charge is 0.316 e. The van der Waals surface area contributed by atoms with Gasteiger partial charge in [-0.05, 0) is 42.7 Å². The lowest BCUT2D eigenvalue weighted by molar-refractivity contribution is -0.113. The minimum Gasteiger partial charge on any atom is -0.316 e. The number of nitrogens with zero attached hydrogens (tertiary/aromatic N) is 4. The number of nitrogens with one attached hydrogen (secondary N) is 1. The van der Waals surface area contributed by atoms with Gasteiger partial charge in [-0.3, -0.25) is 4.79 Å². The van der Waals surface area contributed by atoms with E-state index in [1.165, 1.54) is 27.9 Å². The van der Waals surface area contributed by atoms with E-state index in [-0.39, 0.29) is 11.7 Å². The number of anilines is 1. The van der Waals surface area contributed by atoms with Gasteiger partial charge in [-0.1, -0.05) is 24.2 Å². The maximum atomic E-state index is 12.5. The van der Waals surface area contributed by atoms with E-state index < -0.39 is 0 Å². The van der Waals surface area contributed by atoms with Crippen LogP contribution in [0, 0.1) is 11.3 Å². The Morgan fingerprint density at radius 3 is 3.00 bits per heavy atom. The van der Waals surface area contributed by atoms with Crippen LogP contribution < -0.4 is 5.32 Å². The fraction of sp³-hybridized carbons (Fsp3) is 0.400. The second-order valence-corrected chi connectivity index (χ2v) is 10.0. The molecule has 0 atom stereocenters. The fourth-order valence-corrected chi connectivity index (χ4v) is 6.12. The van der Waals surface area contributed by atoms with Crippen LogP contribution in [0.4, 0.5) is 5.00 Å². The zero-order valence-corrected chi connectivity index (χ0v) is 18.6. The number of carbonyl (C=O) groups excluding carboxylic acids is 1. The molecule has 1 aliphatic rings. The number of thioether (sulfide) groups is 1. The summed E-state index contributed by atoms with van der Waals surface area (Å²) < 4.78 is 1.94. The standard InChI is InChI=1S/C20H21N5OS3/c1-25-17(10-13-6-5-9-27-13)23-24-20(25)28-12-18(26)22-19-15(11-21)14-7-3-2-4-8-16(14)29-19/h5-6,9H,2-4,7-8,10,12H2,1H3,(H,22,26). The van der Waals surface area contributed by atoms with Crippen LogP contribution in [-0.4, -0.2) is 26.4 Å². The Morgan fingerprint density at radius 2 is 2.21 bits per heavy atom. The van der Waals surface area contributed by atoms with Gasteiger partial charge in [0.1, 0.15) is 16.9 Å². The van der Waals surface area contributed by atoms with E-state index in [0.717, 1.165) is 43.5 Å². The summed E-state index contributed by atoms with van der Waals surface area (Å²) in [5, 5.41) is 24.5. The van der Waals surface area contributed by atoms with E-state index in [9.17, 15) is 10.1 Å². The number of aryl methyl sites for hydroxylation is 1. The summed E-state index contributed by atoms with van der Waals surface area (Å²) in [6.45, 7) is 0. The molecule has 1 amide bonds. The lowest BCUT2D eigenvalue weighted by atomic mass is 10.1. The molecular formula is C20H21N5OS3. The minimum atomic E-state index is -0.120. The van der Waals surface area contributed by atoms with Crippen LogP contribution in [-0.2, 0) is 31.1 Å². The Bertz CT molecular complexity index is 1050. The predicted octanol–water partition coefficient (Wildman–Crippen LogP) is 4.40. The molecule has 0 saturated carbocycles. The molecule has 0 saturated heterocycles. The Labute approximate surface area is 182 Å². The molecule has 1 aliphatic carbocycles. The van der Waals surface area contributed by atoms with E-state index in [0.29, 0.717) is 15.7 Å². The number of amides is 1. The van der Waals surface area contributed by atoms with Crippen molar-refractivity contribution < 1.29 is 4.79 Å². The first-order chi connectivity index (χ1) is 14.2. The molecule has 0 bridgehead atoms. The van der Waals surface area contributed by atoms with Crippen LogP contribution in [0.2, 0.25) is 0 Å². The third-order valence-corrected chi connectivity index (χ3v) is 8.06. The lowest BCUT2D eigenvalue weighted by Gasteiger charge is -2.05. The molecule has 0 fully saturated rings. The SMILES string of the molecule is Cn1c(Cc2cccs2)nnc1SCC(=O)Nc1sc2c(c1C#N)CCCCC2. The summed E-state index contributed by atoms with van der Waals surface area (Å²) in [5.41, 5.74) is 1.80. The molecule has 29 heavy (non-hydrogen) atoms. The second kappa shape index (κ2) is 9.11. The van der Waals surface area contributed by atoms with Crippen molar-refractivity contribution in [3.8, 4) is 6.07 Å². The molecule has 150 valence electrons. The van der Waals surface area contributed by atoms with Gasteiger partial charge in [-0.15, -0.1) is 32.9 Å². The van der Waals surface area contributed by atoms with Crippen molar-refractivity contribution in [2.75, 3.05) is 11.1 Å². The zero-order chi connectivity index (χ0) is 20.2. The summed E-state index contributed by atoms with van der Waals surface area (Å²) in [7, 11) is 1.92. The molecule has 4 rings (SSSR count).